The van der Waals surface area contributed by atoms with Crippen molar-refractivity contribution in [1.29, 1.82) is 0 Å². The molecule has 1 amide bonds. The van der Waals surface area contributed by atoms with Crippen LogP contribution in [0.25, 0.3) is 11.0 Å². The summed E-state index contributed by atoms with van der Waals surface area (Å²) in [6.45, 7) is 3.06. The van der Waals surface area contributed by atoms with Crippen molar-refractivity contribution in [3.05, 3.63) is 65.9 Å². The maximum Gasteiger partial charge on any atom is 0.225 e. The lowest BCUT2D eigenvalue weighted by Crippen LogP contribution is -2.37. The summed E-state index contributed by atoms with van der Waals surface area (Å²) < 4.78 is 10.9. The smallest absolute Gasteiger partial charge is 0.225 e. The molecule has 1 N–H and O–H groups in total. The van der Waals surface area contributed by atoms with Gasteiger partial charge in [0, 0.05) is 23.6 Å². The standard InChI is InChI=1S/C23H26N2O3/c1-27-19-9-10-20-18(16-28-22(20)14-19)13-23(26)24-21(15-25-11-5-6-12-25)17-7-3-2-4-8-17/h2-4,7-10,14,16,21H,5-6,11-13,15H2,1H3,(H,24,26). The van der Waals surface area contributed by atoms with Crippen LogP contribution in [-0.4, -0.2) is 37.6 Å². The van der Waals surface area contributed by atoms with Crippen LogP contribution in [0.4, 0.5) is 0 Å². The molecule has 0 bridgehead atoms. The van der Waals surface area contributed by atoms with Crippen molar-refractivity contribution in [1.82, 2.24) is 10.2 Å². The first-order valence-corrected chi connectivity index (χ1v) is 9.84. The van der Waals surface area contributed by atoms with Crippen LogP contribution >= 0.6 is 0 Å². The second kappa shape index (κ2) is 8.48. The van der Waals surface area contributed by atoms with Gasteiger partial charge >= 0.3 is 0 Å². The molecule has 5 nitrogen and oxygen atoms in total. The van der Waals surface area contributed by atoms with Gasteiger partial charge in [-0.3, -0.25) is 4.79 Å². The van der Waals surface area contributed by atoms with Gasteiger partial charge < -0.3 is 19.4 Å². The predicted molar refractivity (Wildman–Crippen MR) is 109 cm³/mol. The maximum atomic E-state index is 12.8. The van der Waals surface area contributed by atoms with Gasteiger partial charge in [0.15, 0.2) is 0 Å². The minimum atomic E-state index is -0.00920. The third-order valence-electron chi connectivity index (χ3n) is 5.39. The van der Waals surface area contributed by atoms with Gasteiger partial charge in [0.2, 0.25) is 5.91 Å². The summed E-state index contributed by atoms with van der Waals surface area (Å²) in [7, 11) is 1.63. The fraction of sp³-hybridized carbons (Fsp3) is 0.348. The number of hydrogen-bond donors (Lipinski definition) is 1. The van der Waals surface area contributed by atoms with Gasteiger partial charge in [0.1, 0.15) is 11.3 Å². The number of nitrogens with zero attached hydrogens (tertiary/aromatic N) is 1. The van der Waals surface area contributed by atoms with Crippen LogP contribution in [0.15, 0.2) is 59.2 Å². The zero-order chi connectivity index (χ0) is 19.3. The summed E-state index contributed by atoms with van der Waals surface area (Å²) in [4.78, 5) is 15.3. The molecule has 2 heterocycles. The van der Waals surface area contributed by atoms with E-state index in [-0.39, 0.29) is 11.9 Å². The Morgan fingerprint density at radius 3 is 2.71 bits per heavy atom. The number of amides is 1. The highest BCUT2D eigenvalue weighted by atomic mass is 16.5. The molecule has 2 aromatic carbocycles. The van der Waals surface area contributed by atoms with Crippen LogP contribution < -0.4 is 10.1 Å². The molecule has 1 atom stereocenters. The van der Waals surface area contributed by atoms with E-state index < -0.39 is 0 Å². The lowest BCUT2D eigenvalue weighted by molar-refractivity contribution is -0.121. The summed E-state index contributed by atoms with van der Waals surface area (Å²) in [6.07, 6.45) is 4.43. The molecule has 1 aliphatic rings. The molecule has 1 aliphatic heterocycles. The molecule has 146 valence electrons. The first-order valence-electron chi connectivity index (χ1n) is 9.84. The van der Waals surface area contributed by atoms with Gasteiger partial charge in [-0.25, -0.2) is 0 Å². The van der Waals surface area contributed by atoms with E-state index in [1.807, 2.05) is 36.4 Å². The van der Waals surface area contributed by atoms with Gasteiger partial charge in [-0.1, -0.05) is 30.3 Å². The van der Waals surface area contributed by atoms with E-state index in [4.69, 9.17) is 9.15 Å². The molecule has 5 heteroatoms. The van der Waals surface area contributed by atoms with Gasteiger partial charge in [-0.05, 0) is 43.6 Å². The van der Waals surface area contributed by atoms with E-state index in [0.717, 1.165) is 47.5 Å². The lowest BCUT2D eigenvalue weighted by Gasteiger charge is -2.25. The number of furan rings is 1. The summed E-state index contributed by atoms with van der Waals surface area (Å²) in [5.41, 5.74) is 2.77. The van der Waals surface area contributed by atoms with Gasteiger partial charge in [0.25, 0.3) is 0 Å². The summed E-state index contributed by atoms with van der Waals surface area (Å²) in [5.74, 6) is 0.749. The van der Waals surface area contributed by atoms with Gasteiger partial charge in [-0.15, -0.1) is 0 Å². The van der Waals surface area contributed by atoms with Crippen LogP contribution in [0.5, 0.6) is 5.75 Å². The van der Waals surface area contributed by atoms with Crippen LogP contribution in [-0.2, 0) is 11.2 Å². The Labute approximate surface area is 165 Å². The average molecular weight is 378 g/mol. The molecule has 1 unspecified atom stereocenters. The molecule has 0 saturated carbocycles. The first kappa shape index (κ1) is 18.6. The number of carbonyl (C=O) groups excluding carboxylic acids is 1. The Morgan fingerprint density at radius 2 is 1.96 bits per heavy atom. The molecule has 28 heavy (non-hydrogen) atoms. The topological polar surface area (TPSA) is 54.7 Å². The van der Waals surface area contributed by atoms with Crippen molar-refractivity contribution in [2.24, 2.45) is 0 Å². The van der Waals surface area contributed by atoms with Crippen LogP contribution in [0.3, 0.4) is 0 Å². The van der Waals surface area contributed by atoms with Crippen molar-refractivity contribution in [2.45, 2.75) is 25.3 Å². The Kier molecular flexibility index (Phi) is 5.63. The maximum absolute atomic E-state index is 12.8. The van der Waals surface area contributed by atoms with Gasteiger partial charge in [-0.2, -0.15) is 0 Å². The fourth-order valence-corrected chi connectivity index (χ4v) is 3.89. The van der Waals surface area contributed by atoms with E-state index >= 15 is 0 Å². The van der Waals surface area contributed by atoms with Crippen molar-refractivity contribution in [3.63, 3.8) is 0 Å². The van der Waals surface area contributed by atoms with E-state index in [1.165, 1.54) is 12.8 Å². The Bertz CT molecular complexity index is 929. The Morgan fingerprint density at radius 1 is 1.18 bits per heavy atom. The Balaban J connectivity index is 1.48. The number of ether oxygens (including phenoxy) is 1. The molecular formula is C23H26N2O3. The summed E-state index contributed by atoms with van der Waals surface area (Å²) in [5, 5.41) is 4.19. The van der Waals surface area contributed by atoms with Crippen molar-refractivity contribution in [3.8, 4) is 5.75 Å². The molecule has 1 aromatic heterocycles. The molecule has 1 saturated heterocycles. The second-order valence-corrected chi connectivity index (χ2v) is 7.34. The van der Waals surface area contributed by atoms with E-state index in [9.17, 15) is 4.79 Å². The second-order valence-electron chi connectivity index (χ2n) is 7.34. The highest BCUT2D eigenvalue weighted by Gasteiger charge is 2.21. The average Bonchev–Trinajstić information content (AvgIpc) is 3.38. The quantitative estimate of drug-likeness (QED) is 0.677. The number of hydrogen-bond acceptors (Lipinski definition) is 4. The van der Waals surface area contributed by atoms with E-state index in [0.29, 0.717) is 6.42 Å². The monoisotopic (exact) mass is 378 g/mol. The van der Waals surface area contributed by atoms with Crippen LogP contribution in [0, 0.1) is 0 Å². The third kappa shape index (κ3) is 4.20. The van der Waals surface area contributed by atoms with Crippen molar-refractivity contribution in [2.75, 3.05) is 26.7 Å². The molecule has 3 aromatic rings. The number of rotatable bonds is 7. The SMILES string of the molecule is COc1ccc2c(CC(=O)NC(CN3CCCC3)c3ccccc3)coc2c1. The third-order valence-corrected chi connectivity index (χ3v) is 5.39. The highest BCUT2D eigenvalue weighted by molar-refractivity contribution is 5.88. The number of fused-ring (bicyclic) bond motifs is 1. The zero-order valence-corrected chi connectivity index (χ0v) is 16.2. The van der Waals surface area contributed by atoms with Crippen LogP contribution in [0.2, 0.25) is 0 Å². The van der Waals surface area contributed by atoms with Crippen molar-refractivity contribution < 1.29 is 13.9 Å². The molecular weight excluding hydrogens is 352 g/mol. The highest BCUT2D eigenvalue weighted by Crippen LogP contribution is 2.26. The fourth-order valence-electron chi connectivity index (χ4n) is 3.89. The minimum absolute atomic E-state index is 0.00608. The lowest BCUT2D eigenvalue weighted by atomic mass is 10.1. The summed E-state index contributed by atoms with van der Waals surface area (Å²) >= 11 is 0. The molecule has 0 aliphatic carbocycles. The minimum Gasteiger partial charge on any atom is -0.497 e. The zero-order valence-electron chi connectivity index (χ0n) is 16.2. The van der Waals surface area contributed by atoms with E-state index in [1.54, 1.807) is 13.4 Å². The number of likely N-dealkylation sites (tertiary alicyclic amines) is 1. The number of nitrogens with one attached hydrogen (secondary N) is 1. The molecule has 4 rings (SSSR count). The molecule has 0 spiro atoms. The van der Waals surface area contributed by atoms with Crippen LogP contribution in [0.1, 0.15) is 30.0 Å². The molecule has 0 radical (unpaired) electrons. The number of carbonyl (C=O) groups is 1. The van der Waals surface area contributed by atoms with E-state index in [2.05, 4.69) is 22.3 Å². The van der Waals surface area contributed by atoms with Gasteiger partial charge in [0.05, 0.1) is 25.8 Å². The number of benzene rings is 2. The summed E-state index contributed by atoms with van der Waals surface area (Å²) in [6, 6.07) is 15.9. The normalized spacial score (nSPS) is 15.6. The molecule has 1 fully saturated rings. The largest absolute Gasteiger partial charge is 0.497 e. The first-order chi connectivity index (χ1) is 13.7. The Hall–Kier alpha value is -2.79. The predicted octanol–water partition coefficient (Wildman–Crippen LogP) is 3.94. The van der Waals surface area contributed by atoms with Crippen molar-refractivity contribution >= 4 is 16.9 Å². The number of methoxy groups -OCH3 is 1.